The lowest BCUT2D eigenvalue weighted by Gasteiger charge is -2.39. The second kappa shape index (κ2) is 6.52. The number of rotatable bonds is 5. The zero-order chi connectivity index (χ0) is 17.4. The van der Waals surface area contributed by atoms with Crippen molar-refractivity contribution in [1.82, 2.24) is 19.7 Å². The average Bonchev–Trinajstić information content (AvgIpc) is 3.23. The van der Waals surface area contributed by atoms with Crippen LogP contribution in [0.15, 0.2) is 30.7 Å². The van der Waals surface area contributed by atoms with Crippen LogP contribution in [0.3, 0.4) is 0 Å². The molecule has 0 amide bonds. The van der Waals surface area contributed by atoms with Gasteiger partial charge in [-0.3, -0.25) is 4.90 Å². The molecular weight excluding hydrogens is 340 g/mol. The zero-order valence-corrected chi connectivity index (χ0v) is 14.9. The van der Waals surface area contributed by atoms with Crippen molar-refractivity contribution in [3.8, 4) is 5.82 Å². The summed E-state index contributed by atoms with van der Waals surface area (Å²) < 4.78 is 7.61. The van der Waals surface area contributed by atoms with Gasteiger partial charge in [-0.25, -0.2) is 9.67 Å². The van der Waals surface area contributed by atoms with Gasteiger partial charge in [0, 0.05) is 25.8 Å². The minimum atomic E-state index is -0.338. The maximum atomic E-state index is 11.3. The number of aromatic nitrogens is 3. The third-order valence-corrected chi connectivity index (χ3v) is 5.37. The summed E-state index contributed by atoms with van der Waals surface area (Å²) in [4.78, 5) is 18.0. The van der Waals surface area contributed by atoms with Gasteiger partial charge in [0.15, 0.2) is 5.82 Å². The van der Waals surface area contributed by atoms with Crippen molar-refractivity contribution >= 4 is 17.9 Å². The van der Waals surface area contributed by atoms with Crippen molar-refractivity contribution in [2.24, 2.45) is 5.41 Å². The first-order valence-corrected chi connectivity index (χ1v) is 8.92. The third-order valence-electron chi connectivity index (χ3n) is 5.17. The summed E-state index contributed by atoms with van der Waals surface area (Å²) in [6, 6.07) is 3.97. The lowest BCUT2D eigenvalue weighted by molar-refractivity contribution is -0.141. The summed E-state index contributed by atoms with van der Waals surface area (Å²) in [6.45, 7) is 4.49. The first kappa shape index (κ1) is 16.7. The van der Waals surface area contributed by atoms with Gasteiger partial charge in [0.1, 0.15) is 12.4 Å². The second-order valence-electron chi connectivity index (χ2n) is 7.28. The number of hydrogen-bond acceptors (Lipinski definition) is 5. The molecule has 132 valence electrons. The Morgan fingerprint density at radius 3 is 2.80 bits per heavy atom. The molecule has 0 bridgehead atoms. The smallest absolute Gasteiger partial charge is 0.153 e. The Morgan fingerprint density at radius 2 is 2.20 bits per heavy atom. The third kappa shape index (κ3) is 3.61. The predicted octanol–water partition coefficient (Wildman–Crippen LogP) is 2.49. The molecule has 0 spiro atoms. The normalized spacial score (nSPS) is 25.7. The van der Waals surface area contributed by atoms with Crippen molar-refractivity contribution < 1.29 is 9.53 Å². The molecule has 25 heavy (non-hydrogen) atoms. The van der Waals surface area contributed by atoms with Crippen LogP contribution in [-0.2, 0) is 16.1 Å². The van der Waals surface area contributed by atoms with E-state index in [9.17, 15) is 4.79 Å². The molecule has 1 saturated carbocycles. The molecule has 0 aromatic carbocycles. The van der Waals surface area contributed by atoms with Crippen LogP contribution in [0.1, 0.15) is 25.3 Å². The molecular formula is C18H21ClN4O2. The maximum absolute atomic E-state index is 11.3. The van der Waals surface area contributed by atoms with E-state index in [0.717, 1.165) is 30.8 Å². The van der Waals surface area contributed by atoms with E-state index in [4.69, 9.17) is 16.3 Å². The van der Waals surface area contributed by atoms with Crippen LogP contribution in [0.4, 0.5) is 0 Å². The van der Waals surface area contributed by atoms with Crippen LogP contribution >= 0.6 is 11.6 Å². The van der Waals surface area contributed by atoms with E-state index < -0.39 is 0 Å². The molecule has 2 aromatic rings. The summed E-state index contributed by atoms with van der Waals surface area (Å²) in [5, 5.41) is 4.73. The number of pyridine rings is 1. The first-order valence-electron chi connectivity index (χ1n) is 8.54. The highest BCUT2D eigenvalue weighted by atomic mass is 35.5. The Hall–Kier alpha value is -1.76. The molecule has 1 saturated heterocycles. The molecule has 2 unspecified atom stereocenters. The topological polar surface area (TPSA) is 60.2 Å². The summed E-state index contributed by atoms with van der Waals surface area (Å²) in [6.07, 6.45) is 8.24. The van der Waals surface area contributed by atoms with Crippen LogP contribution in [0.25, 0.3) is 5.82 Å². The Bertz CT molecular complexity index is 757. The number of aldehydes is 1. The summed E-state index contributed by atoms with van der Waals surface area (Å²) in [5.41, 5.74) is 1.34. The average molecular weight is 361 g/mol. The SMILES string of the molecule is CC1(C2CN(Cc3ccc(-n4cc(Cl)cn4)nc3)CC(C=O)O2)CC1. The molecule has 1 aliphatic heterocycles. The Kier molecular flexibility index (Phi) is 4.35. The van der Waals surface area contributed by atoms with Gasteiger partial charge >= 0.3 is 0 Å². The molecule has 2 fully saturated rings. The lowest BCUT2D eigenvalue weighted by atomic mass is 9.99. The Morgan fingerprint density at radius 1 is 1.36 bits per heavy atom. The number of ether oxygens (including phenoxy) is 1. The molecule has 2 atom stereocenters. The highest BCUT2D eigenvalue weighted by Crippen LogP contribution is 2.50. The number of morpholine rings is 1. The van der Waals surface area contributed by atoms with Crippen LogP contribution in [0.5, 0.6) is 0 Å². The van der Waals surface area contributed by atoms with Crippen molar-refractivity contribution in [3.63, 3.8) is 0 Å². The van der Waals surface area contributed by atoms with Crippen LogP contribution in [0, 0.1) is 5.41 Å². The fraction of sp³-hybridized carbons (Fsp3) is 0.500. The van der Waals surface area contributed by atoms with Gasteiger partial charge in [-0.2, -0.15) is 5.10 Å². The fourth-order valence-corrected chi connectivity index (χ4v) is 3.43. The number of carbonyl (C=O) groups excluding carboxylic acids is 1. The molecule has 0 radical (unpaired) electrons. The van der Waals surface area contributed by atoms with Crippen LogP contribution < -0.4 is 0 Å². The number of nitrogens with zero attached hydrogens (tertiary/aromatic N) is 4. The van der Waals surface area contributed by atoms with E-state index in [2.05, 4.69) is 21.9 Å². The van der Waals surface area contributed by atoms with Crippen molar-refractivity contribution in [3.05, 3.63) is 41.3 Å². The van der Waals surface area contributed by atoms with E-state index in [1.165, 1.54) is 12.8 Å². The summed E-state index contributed by atoms with van der Waals surface area (Å²) >= 11 is 5.90. The zero-order valence-electron chi connectivity index (χ0n) is 14.1. The summed E-state index contributed by atoms with van der Waals surface area (Å²) in [5.74, 6) is 0.728. The molecule has 3 heterocycles. The number of carbonyl (C=O) groups is 1. The molecule has 2 aromatic heterocycles. The van der Waals surface area contributed by atoms with Gasteiger partial charge in [0.2, 0.25) is 0 Å². The molecule has 6 nitrogen and oxygen atoms in total. The monoisotopic (exact) mass is 360 g/mol. The lowest BCUT2D eigenvalue weighted by Crippen LogP contribution is -2.50. The highest BCUT2D eigenvalue weighted by molar-refractivity contribution is 6.30. The Labute approximate surface area is 151 Å². The number of halogens is 1. The molecule has 7 heteroatoms. The number of hydrogen-bond donors (Lipinski definition) is 0. The Balaban J connectivity index is 1.44. The quantitative estimate of drug-likeness (QED) is 0.767. The van der Waals surface area contributed by atoms with Gasteiger partial charge in [0.25, 0.3) is 0 Å². The van der Waals surface area contributed by atoms with Crippen molar-refractivity contribution in [1.29, 1.82) is 0 Å². The van der Waals surface area contributed by atoms with Gasteiger partial charge in [-0.1, -0.05) is 24.6 Å². The molecule has 0 N–H and O–H groups in total. The minimum Gasteiger partial charge on any atom is -0.364 e. The van der Waals surface area contributed by atoms with E-state index >= 15 is 0 Å². The van der Waals surface area contributed by atoms with Crippen LogP contribution in [-0.4, -0.2) is 51.2 Å². The van der Waals surface area contributed by atoms with Gasteiger partial charge in [-0.15, -0.1) is 0 Å². The minimum absolute atomic E-state index is 0.134. The second-order valence-corrected chi connectivity index (χ2v) is 7.71. The van der Waals surface area contributed by atoms with E-state index in [0.29, 0.717) is 11.6 Å². The highest BCUT2D eigenvalue weighted by Gasteiger charge is 2.48. The van der Waals surface area contributed by atoms with Gasteiger partial charge in [0.05, 0.1) is 23.5 Å². The van der Waals surface area contributed by atoms with E-state index in [-0.39, 0.29) is 17.6 Å². The van der Waals surface area contributed by atoms with Crippen LogP contribution in [0.2, 0.25) is 5.02 Å². The molecule has 4 rings (SSSR count). The molecule has 1 aliphatic carbocycles. The van der Waals surface area contributed by atoms with Gasteiger partial charge < -0.3 is 9.53 Å². The van der Waals surface area contributed by atoms with E-state index in [1.54, 1.807) is 17.1 Å². The van der Waals surface area contributed by atoms with Crippen molar-refractivity contribution in [2.75, 3.05) is 13.1 Å². The van der Waals surface area contributed by atoms with Crippen molar-refractivity contribution in [2.45, 2.75) is 38.5 Å². The maximum Gasteiger partial charge on any atom is 0.153 e. The first-order chi connectivity index (χ1) is 12.1. The largest absolute Gasteiger partial charge is 0.364 e. The van der Waals surface area contributed by atoms with Gasteiger partial charge in [-0.05, 0) is 29.9 Å². The standard InChI is InChI=1S/C18H21ClN4O2/c1-18(4-5-18)16-11-22(10-15(12-24)25-16)8-13-2-3-17(20-6-13)23-9-14(19)7-21-23/h2-3,6-7,9,12,15-16H,4-5,8,10-11H2,1H3. The summed E-state index contributed by atoms with van der Waals surface area (Å²) in [7, 11) is 0. The predicted molar refractivity (Wildman–Crippen MR) is 93.7 cm³/mol. The van der Waals surface area contributed by atoms with E-state index in [1.807, 2.05) is 18.3 Å². The fourth-order valence-electron chi connectivity index (χ4n) is 3.30. The molecule has 2 aliphatic rings.